The molecule has 0 saturated carbocycles. The summed E-state index contributed by atoms with van der Waals surface area (Å²) >= 11 is 3.63. The van der Waals surface area contributed by atoms with Gasteiger partial charge in [-0.15, -0.1) is 0 Å². The molecule has 0 aromatic heterocycles. The molecule has 0 bridgehead atoms. The standard InChI is InChI=1S/C21H34BrNO4Si/c1-21(2,3)27-20(24)23(15-25-12-13-28(4,5)6)14-19-17-8-7-9-18(22)16(17)10-11-26-19/h7-9,19H,10-15H2,1-6H3/t19-/m1/s1. The summed E-state index contributed by atoms with van der Waals surface area (Å²) in [5, 5.41) is 0. The highest BCUT2D eigenvalue weighted by molar-refractivity contribution is 9.10. The van der Waals surface area contributed by atoms with Gasteiger partial charge in [-0.05, 0) is 50.4 Å². The van der Waals surface area contributed by atoms with Gasteiger partial charge < -0.3 is 14.2 Å². The molecule has 0 N–H and O–H groups in total. The summed E-state index contributed by atoms with van der Waals surface area (Å²) in [6.45, 7) is 14.5. The Kier molecular flexibility index (Phi) is 8.13. The Morgan fingerprint density at radius 1 is 1.32 bits per heavy atom. The summed E-state index contributed by atoms with van der Waals surface area (Å²) in [6, 6.07) is 7.19. The van der Waals surface area contributed by atoms with Crippen molar-refractivity contribution >= 4 is 30.1 Å². The summed E-state index contributed by atoms with van der Waals surface area (Å²) in [4.78, 5) is 14.4. The first kappa shape index (κ1) is 23.4. The maximum Gasteiger partial charge on any atom is 0.412 e. The van der Waals surface area contributed by atoms with Crippen molar-refractivity contribution in [3.63, 3.8) is 0 Å². The van der Waals surface area contributed by atoms with Gasteiger partial charge in [0.25, 0.3) is 0 Å². The van der Waals surface area contributed by atoms with Crippen LogP contribution in [-0.2, 0) is 20.6 Å². The van der Waals surface area contributed by atoms with Gasteiger partial charge in [0.05, 0.1) is 13.2 Å². The maximum absolute atomic E-state index is 12.8. The third kappa shape index (κ3) is 7.50. The Morgan fingerprint density at radius 3 is 2.68 bits per heavy atom. The molecule has 158 valence electrons. The fourth-order valence-electron chi connectivity index (χ4n) is 2.94. The van der Waals surface area contributed by atoms with Crippen molar-refractivity contribution in [2.45, 2.75) is 64.6 Å². The molecule has 1 aliphatic rings. The number of hydrogen-bond acceptors (Lipinski definition) is 4. The number of halogens is 1. The number of ether oxygens (including phenoxy) is 3. The Labute approximate surface area is 178 Å². The third-order valence-corrected chi connectivity index (χ3v) is 6.90. The quantitative estimate of drug-likeness (QED) is 0.294. The molecule has 1 aromatic rings. The van der Waals surface area contributed by atoms with Crippen LogP contribution in [0.1, 0.15) is 38.0 Å². The molecule has 0 spiro atoms. The molecule has 1 aromatic carbocycles. The minimum atomic E-state index is -1.18. The highest BCUT2D eigenvalue weighted by Gasteiger charge is 2.29. The van der Waals surface area contributed by atoms with E-state index in [1.54, 1.807) is 4.90 Å². The van der Waals surface area contributed by atoms with Gasteiger partial charge in [-0.1, -0.05) is 47.7 Å². The molecule has 1 atom stereocenters. The Bertz CT molecular complexity index is 669. The van der Waals surface area contributed by atoms with Crippen molar-refractivity contribution in [3.05, 3.63) is 33.8 Å². The van der Waals surface area contributed by atoms with Gasteiger partial charge in [-0.3, -0.25) is 4.90 Å². The van der Waals surface area contributed by atoms with E-state index in [1.807, 2.05) is 32.9 Å². The van der Waals surface area contributed by atoms with E-state index in [4.69, 9.17) is 14.2 Å². The van der Waals surface area contributed by atoms with E-state index in [0.29, 0.717) is 19.8 Å². The second-order valence-corrected chi connectivity index (χ2v) is 15.9. The second kappa shape index (κ2) is 9.74. The van der Waals surface area contributed by atoms with Crippen LogP contribution in [0.3, 0.4) is 0 Å². The second-order valence-electron chi connectivity index (χ2n) is 9.47. The summed E-state index contributed by atoms with van der Waals surface area (Å²) in [5.74, 6) is 0. The number of hydrogen-bond donors (Lipinski definition) is 0. The maximum atomic E-state index is 12.8. The molecule has 0 radical (unpaired) electrons. The highest BCUT2D eigenvalue weighted by Crippen LogP contribution is 2.32. The van der Waals surface area contributed by atoms with Crippen LogP contribution >= 0.6 is 15.9 Å². The van der Waals surface area contributed by atoms with Crippen LogP contribution in [-0.4, -0.2) is 51.2 Å². The average Bonchev–Trinajstić information content (AvgIpc) is 2.56. The summed E-state index contributed by atoms with van der Waals surface area (Å²) in [7, 11) is -1.18. The molecular weight excluding hydrogens is 438 g/mol. The van der Waals surface area contributed by atoms with E-state index in [2.05, 4.69) is 41.6 Å². The first-order valence-corrected chi connectivity index (χ1v) is 14.4. The Morgan fingerprint density at radius 2 is 2.04 bits per heavy atom. The van der Waals surface area contributed by atoms with E-state index in [1.165, 1.54) is 5.56 Å². The predicted molar refractivity (Wildman–Crippen MR) is 118 cm³/mol. The van der Waals surface area contributed by atoms with E-state index in [9.17, 15) is 4.79 Å². The summed E-state index contributed by atoms with van der Waals surface area (Å²) < 4.78 is 18.6. The lowest BCUT2D eigenvalue weighted by Crippen LogP contribution is -2.42. The van der Waals surface area contributed by atoms with Crippen LogP contribution < -0.4 is 0 Å². The average molecular weight is 472 g/mol. The van der Waals surface area contributed by atoms with Crippen LogP contribution in [0, 0.1) is 0 Å². The number of carbonyl (C=O) groups excluding carboxylic acids is 1. The van der Waals surface area contributed by atoms with Crippen molar-refractivity contribution in [1.29, 1.82) is 0 Å². The van der Waals surface area contributed by atoms with E-state index in [0.717, 1.165) is 22.5 Å². The van der Waals surface area contributed by atoms with Crippen molar-refractivity contribution in [2.75, 3.05) is 26.5 Å². The zero-order valence-corrected chi connectivity index (χ0v) is 20.6. The van der Waals surface area contributed by atoms with Crippen molar-refractivity contribution < 1.29 is 19.0 Å². The predicted octanol–water partition coefficient (Wildman–Crippen LogP) is 5.61. The SMILES string of the molecule is CC(C)(C)OC(=O)N(COCC[Si](C)(C)C)C[C@H]1OCCc2c(Br)cccc21. The number of benzene rings is 1. The van der Waals surface area contributed by atoms with Gasteiger partial charge in [0.1, 0.15) is 18.4 Å². The molecule has 1 amide bonds. The fraction of sp³-hybridized carbons (Fsp3) is 0.667. The molecule has 28 heavy (non-hydrogen) atoms. The first-order chi connectivity index (χ1) is 13.0. The molecule has 1 aliphatic heterocycles. The minimum absolute atomic E-state index is 0.186. The fourth-order valence-corrected chi connectivity index (χ4v) is 4.28. The van der Waals surface area contributed by atoms with Crippen molar-refractivity contribution in [1.82, 2.24) is 4.90 Å². The lowest BCUT2D eigenvalue weighted by atomic mass is 9.97. The van der Waals surface area contributed by atoms with Crippen molar-refractivity contribution in [2.24, 2.45) is 0 Å². The summed E-state index contributed by atoms with van der Waals surface area (Å²) in [6.07, 6.45) is 0.312. The van der Waals surface area contributed by atoms with Gasteiger partial charge >= 0.3 is 6.09 Å². The van der Waals surface area contributed by atoms with Crippen LogP contribution in [0.15, 0.2) is 22.7 Å². The lowest BCUT2D eigenvalue weighted by molar-refractivity contribution is -0.0406. The normalized spacial score (nSPS) is 17.2. The smallest absolute Gasteiger partial charge is 0.412 e. The number of nitrogens with zero attached hydrogens (tertiary/aromatic N) is 1. The summed E-state index contributed by atoms with van der Waals surface area (Å²) in [5.41, 5.74) is 1.82. The van der Waals surface area contributed by atoms with Gasteiger partial charge in [0.15, 0.2) is 0 Å². The lowest BCUT2D eigenvalue weighted by Gasteiger charge is -2.33. The molecule has 0 aliphatic carbocycles. The molecule has 2 rings (SSSR count). The number of amides is 1. The monoisotopic (exact) mass is 471 g/mol. The Balaban J connectivity index is 2.09. The number of rotatable bonds is 7. The minimum Gasteiger partial charge on any atom is -0.444 e. The molecule has 0 unspecified atom stereocenters. The van der Waals surface area contributed by atoms with E-state index in [-0.39, 0.29) is 18.9 Å². The van der Waals surface area contributed by atoms with Gasteiger partial charge in [0.2, 0.25) is 0 Å². The van der Waals surface area contributed by atoms with Crippen LogP contribution in [0.25, 0.3) is 0 Å². The molecular formula is C21H34BrNO4Si. The van der Waals surface area contributed by atoms with Crippen LogP contribution in [0.4, 0.5) is 4.79 Å². The van der Waals surface area contributed by atoms with Gasteiger partial charge in [-0.25, -0.2) is 4.79 Å². The van der Waals surface area contributed by atoms with Crippen LogP contribution in [0.2, 0.25) is 25.7 Å². The topological polar surface area (TPSA) is 48.0 Å². The zero-order valence-electron chi connectivity index (χ0n) is 18.0. The van der Waals surface area contributed by atoms with Gasteiger partial charge in [-0.2, -0.15) is 0 Å². The molecule has 0 fully saturated rings. The Hall–Kier alpha value is -0.893. The van der Waals surface area contributed by atoms with E-state index < -0.39 is 13.7 Å². The first-order valence-electron chi connectivity index (χ1n) is 9.91. The number of carbonyl (C=O) groups is 1. The van der Waals surface area contributed by atoms with E-state index >= 15 is 0 Å². The third-order valence-electron chi connectivity index (χ3n) is 4.45. The van der Waals surface area contributed by atoms with Crippen LogP contribution in [0.5, 0.6) is 0 Å². The van der Waals surface area contributed by atoms with Gasteiger partial charge in [0, 0.05) is 19.2 Å². The molecule has 0 saturated heterocycles. The highest BCUT2D eigenvalue weighted by atomic mass is 79.9. The zero-order chi connectivity index (χ0) is 20.9. The van der Waals surface area contributed by atoms with Crippen molar-refractivity contribution in [3.8, 4) is 0 Å². The molecule has 5 nitrogen and oxygen atoms in total. The molecule has 1 heterocycles. The molecule has 7 heteroatoms. The number of fused-ring (bicyclic) bond motifs is 1. The largest absolute Gasteiger partial charge is 0.444 e.